The SMILES string of the molecule is O=C1[C@H](C2CC2)[C@H](c2c(F)cc(-n3cc(C(F)(F)F)cn3)cc2F)N1c1ccc2[nH]cnc2c1. The maximum atomic E-state index is 15.3. The normalized spacial score (nSPS) is 20.7. The molecule has 174 valence electrons. The summed E-state index contributed by atoms with van der Waals surface area (Å²) in [6, 6.07) is 6.10. The van der Waals surface area contributed by atoms with E-state index in [0.29, 0.717) is 23.6 Å². The van der Waals surface area contributed by atoms with Crippen LogP contribution in [0.15, 0.2) is 49.1 Å². The van der Waals surface area contributed by atoms with Crippen LogP contribution in [-0.4, -0.2) is 25.7 Å². The van der Waals surface area contributed by atoms with Gasteiger partial charge in [0.05, 0.1) is 46.8 Å². The minimum atomic E-state index is -4.63. The Morgan fingerprint density at radius 3 is 2.41 bits per heavy atom. The number of anilines is 1. The molecule has 1 aliphatic heterocycles. The number of hydrogen-bond donors (Lipinski definition) is 1. The molecule has 1 aliphatic carbocycles. The highest BCUT2D eigenvalue weighted by Gasteiger charge is 2.56. The molecule has 4 aromatic rings. The van der Waals surface area contributed by atoms with Crippen LogP contribution in [0.3, 0.4) is 0 Å². The predicted octanol–water partition coefficient (Wildman–Crippen LogP) is 5.16. The Labute approximate surface area is 189 Å². The van der Waals surface area contributed by atoms with Gasteiger partial charge in [-0.1, -0.05) is 0 Å². The lowest BCUT2D eigenvalue weighted by Gasteiger charge is -2.48. The number of carbonyl (C=O) groups excluding carboxylic acids is 1. The number of benzene rings is 2. The van der Waals surface area contributed by atoms with Gasteiger partial charge in [-0.2, -0.15) is 18.3 Å². The Kier molecular flexibility index (Phi) is 4.36. The van der Waals surface area contributed by atoms with Crippen LogP contribution < -0.4 is 4.90 Å². The zero-order valence-corrected chi connectivity index (χ0v) is 17.4. The zero-order valence-electron chi connectivity index (χ0n) is 17.4. The van der Waals surface area contributed by atoms with Gasteiger partial charge in [0.1, 0.15) is 11.6 Å². The van der Waals surface area contributed by atoms with Gasteiger partial charge in [0.2, 0.25) is 5.91 Å². The summed E-state index contributed by atoms with van der Waals surface area (Å²) in [5, 5.41) is 3.58. The van der Waals surface area contributed by atoms with E-state index in [0.717, 1.165) is 35.2 Å². The van der Waals surface area contributed by atoms with Crippen LogP contribution in [0, 0.1) is 23.5 Å². The minimum Gasteiger partial charge on any atom is -0.345 e. The van der Waals surface area contributed by atoms with Gasteiger partial charge in [-0.05, 0) is 37.0 Å². The molecule has 3 heterocycles. The van der Waals surface area contributed by atoms with Gasteiger partial charge < -0.3 is 9.88 Å². The van der Waals surface area contributed by atoms with Crippen LogP contribution in [0.25, 0.3) is 16.7 Å². The van der Waals surface area contributed by atoms with Crippen molar-refractivity contribution in [3.8, 4) is 5.69 Å². The maximum Gasteiger partial charge on any atom is 0.419 e. The molecule has 2 aromatic carbocycles. The zero-order chi connectivity index (χ0) is 23.8. The van der Waals surface area contributed by atoms with Crippen molar-refractivity contribution in [1.82, 2.24) is 19.7 Å². The van der Waals surface area contributed by atoms with Crippen LogP contribution in [0.4, 0.5) is 27.6 Å². The third kappa shape index (κ3) is 3.17. The van der Waals surface area contributed by atoms with E-state index in [9.17, 15) is 18.0 Å². The summed E-state index contributed by atoms with van der Waals surface area (Å²) in [5.74, 6) is -2.64. The van der Waals surface area contributed by atoms with E-state index in [2.05, 4.69) is 15.1 Å². The highest BCUT2D eigenvalue weighted by Crippen LogP contribution is 2.55. The fraction of sp³-hybridized carbons (Fsp3) is 0.261. The number of aromatic amines is 1. The van der Waals surface area contributed by atoms with Crippen molar-refractivity contribution in [1.29, 1.82) is 0 Å². The monoisotopic (exact) mass is 473 g/mol. The molecule has 0 bridgehead atoms. The molecular weight excluding hydrogens is 457 g/mol. The molecule has 0 radical (unpaired) electrons. The molecular formula is C23H16F5N5O. The highest BCUT2D eigenvalue weighted by atomic mass is 19.4. The number of halogens is 5. The van der Waals surface area contributed by atoms with Crippen molar-refractivity contribution in [2.75, 3.05) is 4.90 Å². The molecule has 2 atom stereocenters. The van der Waals surface area contributed by atoms with Crippen LogP contribution in [0.2, 0.25) is 0 Å². The van der Waals surface area contributed by atoms with Crippen molar-refractivity contribution in [3.63, 3.8) is 0 Å². The molecule has 1 amide bonds. The van der Waals surface area contributed by atoms with Crippen LogP contribution >= 0.6 is 0 Å². The highest BCUT2D eigenvalue weighted by molar-refractivity contribution is 6.04. The Hall–Kier alpha value is -3.76. The number of carbonyl (C=O) groups is 1. The number of hydrogen-bond acceptors (Lipinski definition) is 3. The van der Waals surface area contributed by atoms with Crippen LogP contribution in [-0.2, 0) is 11.0 Å². The van der Waals surface area contributed by atoms with Gasteiger partial charge in [0.15, 0.2) is 0 Å². The van der Waals surface area contributed by atoms with Gasteiger partial charge in [-0.15, -0.1) is 0 Å². The Morgan fingerprint density at radius 2 is 1.76 bits per heavy atom. The topological polar surface area (TPSA) is 66.8 Å². The minimum absolute atomic E-state index is 0.0433. The van der Waals surface area contributed by atoms with Crippen LogP contribution in [0.1, 0.15) is 30.0 Å². The first-order valence-corrected chi connectivity index (χ1v) is 10.6. The molecule has 6 nitrogen and oxygen atoms in total. The van der Waals surface area contributed by atoms with E-state index in [1.54, 1.807) is 18.2 Å². The van der Waals surface area contributed by atoms with Crippen LogP contribution in [0.5, 0.6) is 0 Å². The number of imidazole rings is 1. The second kappa shape index (κ2) is 7.12. The number of aromatic nitrogens is 4. The van der Waals surface area contributed by atoms with E-state index < -0.39 is 35.3 Å². The molecule has 2 fully saturated rings. The lowest BCUT2D eigenvalue weighted by atomic mass is 9.78. The summed E-state index contributed by atoms with van der Waals surface area (Å²) in [4.78, 5) is 21.5. The van der Waals surface area contributed by atoms with Crippen molar-refractivity contribution < 1.29 is 26.7 Å². The first-order chi connectivity index (χ1) is 16.2. The molecule has 0 spiro atoms. The van der Waals surface area contributed by atoms with E-state index in [-0.39, 0.29) is 23.1 Å². The number of fused-ring (bicyclic) bond motifs is 1. The first kappa shape index (κ1) is 20.8. The van der Waals surface area contributed by atoms with E-state index in [1.165, 1.54) is 11.2 Å². The Morgan fingerprint density at radius 1 is 1.03 bits per heavy atom. The molecule has 1 saturated carbocycles. The summed E-state index contributed by atoms with van der Waals surface area (Å²) in [6.07, 6.45) is -0.269. The number of alkyl halides is 3. The van der Waals surface area contributed by atoms with Crippen molar-refractivity contribution in [2.24, 2.45) is 11.8 Å². The number of nitrogens with zero attached hydrogens (tertiary/aromatic N) is 4. The van der Waals surface area contributed by atoms with Crippen molar-refractivity contribution in [2.45, 2.75) is 25.1 Å². The summed E-state index contributed by atoms with van der Waals surface area (Å²) in [5.41, 5.74) is 0.325. The van der Waals surface area contributed by atoms with Gasteiger partial charge in [0, 0.05) is 29.6 Å². The molecule has 2 aromatic heterocycles. The second-order valence-corrected chi connectivity index (χ2v) is 8.61. The quantitative estimate of drug-likeness (QED) is 0.329. The van der Waals surface area contributed by atoms with Gasteiger partial charge in [-0.3, -0.25) is 4.79 Å². The fourth-order valence-corrected chi connectivity index (χ4v) is 4.69. The summed E-state index contributed by atoms with van der Waals surface area (Å²) < 4.78 is 70.1. The third-order valence-electron chi connectivity index (χ3n) is 6.49. The standard InChI is InChI=1S/C23H16F5N5O/c24-15-5-14(32-9-12(8-31-32)23(26,27)28)6-16(25)20(15)21-19(11-1-2-11)22(34)33(21)13-3-4-17-18(7-13)30-10-29-17/h3-11,19,21H,1-2H2,(H,29,30)/t19-,21-/m1/s1. The number of β-lactam (4-membered cyclic amide) rings is 1. The van der Waals surface area contributed by atoms with Crippen molar-refractivity contribution in [3.05, 3.63) is 71.8 Å². The summed E-state index contributed by atoms with van der Waals surface area (Å²) >= 11 is 0. The molecule has 34 heavy (non-hydrogen) atoms. The predicted molar refractivity (Wildman–Crippen MR) is 111 cm³/mol. The van der Waals surface area contributed by atoms with Gasteiger partial charge in [-0.25, -0.2) is 18.4 Å². The number of amides is 1. The molecule has 2 aliphatic rings. The smallest absolute Gasteiger partial charge is 0.345 e. The first-order valence-electron chi connectivity index (χ1n) is 10.6. The Bertz CT molecular complexity index is 1410. The average Bonchev–Trinajstić information content (AvgIpc) is 3.26. The average molecular weight is 473 g/mol. The molecule has 1 saturated heterocycles. The van der Waals surface area contributed by atoms with E-state index >= 15 is 8.78 Å². The largest absolute Gasteiger partial charge is 0.419 e. The second-order valence-electron chi connectivity index (χ2n) is 8.61. The number of rotatable bonds is 4. The summed E-state index contributed by atoms with van der Waals surface area (Å²) in [6.45, 7) is 0. The third-order valence-corrected chi connectivity index (χ3v) is 6.49. The lowest BCUT2D eigenvalue weighted by Crippen LogP contribution is -2.56. The maximum absolute atomic E-state index is 15.3. The molecule has 0 unspecified atom stereocenters. The van der Waals surface area contributed by atoms with E-state index in [4.69, 9.17) is 0 Å². The van der Waals surface area contributed by atoms with Crippen molar-refractivity contribution >= 4 is 22.6 Å². The summed E-state index contributed by atoms with van der Waals surface area (Å²) in [7, 11) is 0. The molecule has 11 heteroatoms. The molecule has 1 N–H and O–H groups in total. The van der Waals surface area contributed by atoms with Gasteiger partial charge >= 0.3 is 6.18 Å². The number of nitrogens with one attached hydrogen (secondary N) is 1. The van der Waals surface area contributed by atoms with E-state index in [1.807, 2.05) is 0 Å². The molecule has 6 rings (SSSR count). The van der Waals surface area contributed by atoms with Gasteiger partial charge in [0.25, 0.3) is 0 Å². The number of H-pyrrole nitrogens is 1. The Balaban J connectivity index is 1.41. The lowest BCUT2D eigenvalue weighted by molar-refractivity contribution is -0.137. The fourth-order valence-electron chi connectivity index (χ4n) is 4.69.